The zero-order valence-corrected chi connectivity index (χ0v) is 27.1. The van der Waals surface area contributed by atoms with E-state index in [1.807, 2.05) is 24.3 Å². The Morgan fingerprint density at radius 3 is 2.46 bits per heavy atom. The van der Waals surface area contributed by atoms with Crippen LogP contribution >= 0.6 is 0 Å². The number of hydrogen-bond acceptors (Lipinski definition) is 9. The van der Waals surface area contributed by atoms with Crippen LogP contribution in [-0.4, -0.2) is 96.9 Å². The molecular formula is C31H41N5O9S. The molecule has 6 rings (SSSR count). The summed E-state index contributed by atoms with van der Waals surface area (Å²) < 4.78 is 44.1. The average Bonchev–Trinajstić information content (AvgIpc) is 3.37. The molecule has 0 aromatic heterocycles. The van der Waals surface area contributed by atoms with Gasteiger partial charge in [0.25, 0.3) is 5.91 Å². The first-order valence-electron chi connectivity index (χ1n) is 15.8. The summed E-state index contributed by atoms with van der Waals surface area (Å²) in [5, 5.41) is 1.97. The van der Waals surface area contributed by atoms with Gasteiger partial charge in [-0.05, 0) is 62.8 Å². The highest BCUT2D eigenvalue weighted by atomic mass is 32.2. The van der Waals surface area contributed by atoms with Gasteiger partial charge >= 0.3 is 12.1 Å². The summed E-state index contributed by atoms with van der Waals surface area (Å²) >= 11 is 0. The zero-order valence-electron chi connectivity index (χ0n) is 26.3. The largest absolute Gasteiger partial charge is 0.454 e. The van der Waals surface area contributed by atoms with Gasteiger partial charge in [-0.15, -0.1) is 0 Å². The molecule has 250 valence electrons. The second-order valence-corrected chi connectivity index (χ2v) is 15.3. The Hall–Kier alpha value is -4.01. The van der Waals surface area contributed by atoms with E-state index in [-0.39, 0.29) is 32.2 Å². The zero-order chi connectivity index (χ0) is 32.8. The summed E-state index contributed by atoms with van der Waals surface area (Å²) in [6.45, 7) is 4.20. The maximum atomic E-state index is 13.9. The maximum Gasteiger partial charge on any atom is 0.410 e. The van der Waals surface area contributed by atoms with Crippen molar-refractivity contribution >= 4 is 34.0 Å². The topological polar surface area (TPSA) is 164 Å². The van der Waals surface area contributed by atoms with Gasteiger partial charge in [0.1, 0.15) is 17.7 Å². The number of nitrogens with zero attached hydrogens (tertiary/aromatic N) is 3. The maximum absolute atomic E-state index is 13.9. The normalized spacial score (nSPS) is 28.4. The number of allylic oxidation sites excluding steroid dienone is 1. The van der Waals surface area contributed by atoms with Crippen molar-refractivity contribution in [3.8, 4) is 11.5 Å². The number of carbonyl (C=O) groups excluding carboxylic acids is 4. The standard InChI is InChI=1S/C31H41N5O9S/c1-19(2)46(41,42)33-28(38)31-14-22(31)9-7-5-4-6-8-10-34(3)29(39)36-17-23(13-24(36)27(37)32-31)45-30(40)35-15-20-11-25-26(44-18-43-25)12-21(20)16-35/h7,9,11-12,19,22-24H,4-6,8,10,13-18H2,1-3H3,(H,32,37)(H,33,38)/b9-7-/t22-,23?,24+,31-/m1/s1. The molecular weight excluding hydrogens is 618 g/mol. The van der Waals surface area contributed by atoms with Crippen LogP contribution in [0.2, 0.25) is 0 Å². The number of hydrogen-bond donors (Lipinski definition) is 2. The molecule has 1 saturated carbocycles. The predicted molar refractivity (Wildman–Crippen MR) is 164 cm³/mol. The van der Waals surface area contributed by atoms with E-state index in [1.165, 1.54) is 18.7 Å². The predicted octanol–water partition coefficient (Wildman–Crippen LogP) is 2.22. The molecule has 1 aromatic carbocycles. The molecule has 5 amide bonds. The van der Waals surface area contributed by atoms with Crippen LogP contribution in [0.3, 0.4) is 0 Å². The van der Waals surface area contributed by atoms with Crippen LogP contribution in [0.15, 0.2) is 24.3 Å². The lowest BCUT2D eigenvalue weighted by atomic mass is 10.1. The van der Waals surface area contributed by atoms with Gasteiger partial charge in [-0.25, -0.2) is 18.0 Å². The third kappa shape index (κ3) is 6.20. The molecule has 1 unspecified atom stereocenters. The number of carbonyl (C=O) groups is 4. The van der Waals surface area contributed by atoms with Crippen LogP contribution in [0.25, 0.3) is 0 Å². The third-order valence-electron chi connectivity index (χ3n) is 9.43. The molecule has 2 N–H and O–H groups in total. The molecule has 1 aromatic rings. The van der Waals surface area contributed by atoms with E-state index in [2.05, 4.69) is 10.0 Å². The van der Waals surface area contributed by atoms with Gasteiger partial charge in [0.15, 0.2) is 11.5 Å². The Kier molecular flexibility index (Phi) is 8.55. The van der Waals surface area contributed by atoms with Crippen molar-refractivity contribution in [2.45, 2.75) is 88.4 Å². The van der Waals surface area contributed by atoms with E-state index in [4.69, 9.17) is 14.2 Å². The van der Waals surface area contributed by atoms with Crippen LogP contribution in [-0.2, 0) is 37.4 Å². The quantitative estimate of drug-likeness (QED) is 0.462. The van der Waals surface area contributed by atoms with Crippen molar-refractivity contribution in [1.29, 1.82) is 0 Å². The Balaban J connectivity index is 1.19. The van der Waals surface area contributed by atoms with Crippen LogP contribution in [0.4, 0.5) is 9.59 Å². The summed E-state index contributed by atoms with van der Waals surface area (Å²) in [4.78, 5) is 58.8. The molecule has 15 heteroatoms. The number of nitrogens with one attached hydrogen (secondary N) is 2. The molecule has 0 bridgehead atoms. The lowest BCUT2D eigenvalue weighted by Crippen LogP contribution is -2.57. The first-order chi connectivity index (χ1) is 21.9. The molecule has 1 saturated heterocycles. The molecule has 5 aliphatic rings. The number of ether oxygens (including phenoxy) is 3. The third-order valence-corrected chi connectivity index (χ3v) is 11.1. The van der Waals surface area contributed by atoms with Gasteiger partial charge in [-0.2, -0.15) is 0 Å². The second kappa shape index (κ2) is 12.3. The van der Waals surface area contributed by atoms with Gasteiger partial charge in [-0.1, -0.05) is 18.6 Å². The number of benzene rings is 1. The average molecular weight is 660 g/mol. The van der Waals surface area contributed by atoms with Crippen molar-refractivity contribution in [2.75, 3.05) is 26.9 Å². The fourth-order valence-electron chi connectivity index (χ4n) is 6.46. The second-order valence-electron chi connectivity index (χ2n) is 13.0. The highest BCUT2D eigenvalue weighted by Crippen LogP contribution is 2.46. The Morgan fingerprint density at radius 1 is 1.09 bits per heavy atom. The van der Waals surface area contributed by atoms with E-state index in [0.29, 0.717) is 31.1 Å². The summed E-state index contributed by atoms with van der Waals surface area (Å²) in [6, 6.07) is 2.29. The van der Waals surface area contributed by atoms with Gasteiger partial charge in [0.2, 0.25) is 22.7 Å². The van der Waals surface area contributed by atoms with E-state index >= 15 is 0 Å². The van der Waals surface area contributed by atoms with Gasteiger partial charge in [-0.3, -0.25) is 19.2 Å². The van der Waals surface area contributed by atoms with Crippen molar-refractivity contribution in [3.05, 3.63) is 35.4 Å². The molecule has 2 fully saturated rings. The molecule has 4 heterocycles. The van der Waals surface area contributed by atoms with E-state index in [9.17, 15) is 27.6 Å². The number of amides is 5. The number of urea groups is 1. The lowest BCUT2D eigenvalue weighted by molar-refractivity contribution is -0.131. The van der Waals surface area contributed by atoms with Crippen molar-refractivity contribution in [3.63, 3.8) is 0 Å². The van der Waals surface area contributed by atoms with Gasteiger partial charge < -0.3 is 29.3 Å². The van der Waals surface area contributed by atoms with Crippen LogP contribution < -0.4 is 19.5 Å². The number of rotatable bonds is 4. The van der Waals surface area contributed by atoms with Crippen molar-refractivity contribution in [1.82, 2.24) is 24.7 Å². The highest BCUT2D eigenvalue weighted by molar-refractivity contribution is 7.90. The van der Waals surface area contributed by atoms with Crippen molar-refractivity contribution in [2.24, 2.45) is 5.92 Å². The summed E-state index contributed by atoms with van der Waals surface area (Å²) in [7, 11) is -2.28. The first kappa shape index (κ1) is 32.0. The Morgan fingerprint density at radius 2 is 1.78 bits per heavy atom. The molecule has 4 atom stereocenters. The van der Waals surface area contributed by atoms with Gasteiger partial charge in [0.05, 0.1) is 11.8 Å². The minimum atomic E-state index is -3.95. The van der Waals surface area contributed by atoms with Crippen molar-refractivity contribution < 1.29 is 41.8 Å². The summed E-state index contributed by atoms with van der Waals surface area (Å²) in [5.41, 5.74) is 0.375. The Bertz CT molecular complexity index is 1530. The van der Waals surface area contributed by atoms with Crippen LogP contribution in [0, 0.1) is 5.92 Å². The molecule has 0 radical (unpaired) electrons. The number of fused-ring (bicyclic) bond motifs is 4. The summed E-state index contributed by atoms with van der Waals surface area (Å²) in [6.07, 6.45) is 6.01. The monoisotopic (exact) mass is 659 g/mol. The highest BCUT2D eigenvalue weighted by Gasteiger charge is 2.61. The van der Waals surface area contributed by atoms with E-state index < -0.39 is 56.8 Å². The van der Waals surface area contributed by atoms with Crippen LogP contribution in [0.1, 0.15) is 63.5 Å². The minimum Gasteiger partial charge on any atom is -0.454 e. The first-order valence-corrected chi connectivity index (χ1v) is 17.4. The molecule has 1 aliphatic carbocycles. The lowest BCUT2D eigenvalue weighted by Gasteiger charge is -2.30. The fourth-order valence-corrected chi connectivity index (χ4v) is 7.14. The summed E-state index contributed by atoms with van der Waals surface area (Å²) in [5.74, 6) is -0.556. The van der Waals surface area contributed by atoms with E-state index in [1.54, 1.807) is 16.8 Å². The molecule has 4 aliphatic heterocycles. The fraction of sp³-hybridized carbons (Fsp3) is 0.613. The molecule has 14 nitrogen and oxygen atoms in total. The number of sulfonamides is 1. The minimum absolute atomic E-state index is 0.00593. The smallest absolute Gasteiger partial charge is 0.410 e. The SMILES string of the molecule is CC(C)S(=O)(=O)NC(=O)[C@@]12C[C@H]1/C=C\CCCCCN(C)C(=O)N1CC(OC(=O)N3Cc4cc5c(cc4C3)OCO5)C[C@H]1C(=O)N2. The Labute approximate surface area is 268 Å². The molecule has 0 spiro atoms. The van der Waals surface area contributed by atoms with Gasteiger partial charge in [0, 0.05) is 39.0 Å². The van der Waals surface area contributed by atoms with Crippen LogP contribution in [0.5, 0.6) is 11.5 Å². The molecule has 46 heavy (non-hydrogen) atoms. The van der Waals surface area contributed by atoms with E-state index in [0.717, 1.165) is 36.8 Å².